The second kappa shape index (κ2) is 6.71. The molecule has 1 spiro atoms. The molecule has 0 saturated carbocycles. The number of nitrogens with zero attached hydrogens (tertiary/aromatic N) is 1. The molecule has 1 amide bonds. The van der Waals surface area contributed by atoms with E-state index in [0.29, 0.717) is 23.9 Å². The predicted molar refractivity (Wildman–Crippen MR) is 101 cm³/mol. The van der Waals surface area contributed by atoms with Crippen molar-refractivity contribution in [2.75, 3.05) is 19.6 Å². The van der Waals surface area contributed by atoms with Crippen LogP contribution in [0.5, 0.6) is 0 Å². The molecule has 2 bridgehead atoms. The van der Waals surface area contributed by atoms with Gasteiger partial charge in [-0.05, 0) is 50.1 Å². The standard InChI is InChI=1S/C22H25FN2O3/c1-14-5-6-17(27-14)11-25-12-19-18(20-7-8-22(19,13-25)28-20)10-24-21(26)15-3-2-4-16(23)9-15/h2-6,9,18-20H,7-8,10-13H2,1H3,(H,24,26)/t18-,19+,20+,22+/m0/s1. The monoisotopic (exact) mass is 384 g/mol. The maximum atomic E-state index is 13.4. The lowest BCUT2D eigenvalue weighted by Gasteiger charge is -2.29. The SMILES string of the molecule is Cc1ccc(CN2C[C@@H]3[C@H](CNC(=O)c4cccc(F)c4)[C@H]4CC[C@]3(C2)O4)o1. The highest BCUT2D eigenvalue weighted by molar-refractivity contribution is 5.94. The Morgan fingerprint density at radius 2 is 2.25 bits per heavy atom. The van der Waals surface area contributed by atoms with E-state index in [9.17, 15) is 9.18 Å². The number of ether oxygens (including phenoxy) is 1. The van der Waals surface area contributed by atoms with E-state index >= 15 is 0 Å². The topological polar surface area (TPSA) is 54.7 Å². The van der Waals surface area contributed by atoms with Crippen molar-refractivity contribution in [3.05, 3.63) is 59.3 Å². The Bertz CT molecular complexity index is 897. The van der Waals surface area contributed by atoms with Gasteiger partial charge in [-0.3, -0.25) is 9.69 Å². The smallest absolute Gasteiger partial charge is 0.251 e. The molecule has 5 rings (SSSR count). The fraction of sp³-hybridized carbons (Fsp3) is 0.500. The third kappa shape index (κ3) is 3.05. The van der Waals surface area contributed by atoms with E-state index < -0.39 is 5.82 Å². The molecule has 0 unspecified atom stereocenters. The van der Waals surface area contributed by atoms with E-state index in [1.54, 1.807) is 12.1 Å². The number of carbonyl (C=O) groups excluding carboxylic acids is 1. The van der Waals surface area contributed by atoms with Crippen molar-refractivity contribution in [1.82, 2.24) is 10.2 Å². The lowest BCUT2D eigenvalue weighted by molar-refractivity contribution is 0.00166. The summed E-state index contributed by atoms with van der Waals surface area (Å²) in [5.41, 5.74) is 0.278. The van der Waals surface area contributed by atoms with Gasteiger partial charge in [-0.15, -0.1) is 0 Å². The third-order valence-electron chi connectivity index (χ3n) is 6.61. The maximum absolute atomic E-state index is 13.4. The van der Waals surface area contributed by atoms with Gasteiger partial charge >= 0.3 is 0 Å². The van der Waals surface area contributed by atoms with Gasteiger partial charge in [-0.25, -0.2) is 4.39 Å². The summed E-state index contributed by atoms with van der Waals surface area (Å²) in [6.07, 6.45) is 2.35. The number of halogens is 1. The molecule has 3 aliphatic heterocycles. The number of aryl methyl sites for hydroxylation is 1. The highest BCUT2D eigenvalue weighted by Crippen LogP contribution is 2.54. The number of hydrogen-bond donors (Lipinski definition) is 1. The predicted octanol–water partition coefficient (Wildman–Crippen LogP) is 3.14. The summed E-state index contributed by atoms with van der Waals surface area (Å²) < 4.78 is 25.6. The molecular formula is C22H25FN2O3. The van der Waals surface area contributed by atoms with Gasteiger partial charge in [0.15, 0.2) is 0 Å². The lowest BCUT2D eigenvalue weighted by atomic mass is 9.73. The number of benzene rings is 1. The molecule has 4 heterocycles. The number of carbonyl (C=O) groups is 1. The molecule has 1 aromatic heterocycles. The summed E-state index contributed by atoms with van der Waals surface area (Å²) in [5.74, 6) is 2.01. The Kier molecular flexibility index (Phi) is 4.29. The number of amides is 1. The van der Waals surface area contributed by atoms with Crippen molar-refractivity contribution in [3.63, 3.8) is 0 Å². The van der Waals surface area contributed by atoms with Crippen molar-refractivity contribution in [2.45, 2.75) is 38.0 Å². The Balaban J connectivity index is 1.24. The second-order valence-corrected chi connectivity index (χ2v) is 8.43. The Morgan fingerprint density at radius 1 is 1.36 bits per heavy atom. The molecule has 148 valence electrons. The van der Waals surface area contributed by atoms with Crippen molar-refractivity contribution in [3.8, 4) is 0 Å². The van der Waals surface area contributed by atoms with Crippen LogP contribution in [-0.2, 0) is 11.3 Å². The van der Waals surface area contributed by atoms with E-state index in [1.165, 1.54) is 12.1 Å². The number of rotatable bonds is 5. The van der Waals surface area contributed by atoms with Gasteiger partial charge in [-0.2, -0.15) is 0 Å². The molecular weight excluding hydrogens is 359 g/mol. The minimum Gasteiger partial charge on any atom is -0.465 e. The van der Waals surface area contributed by atoms with Gasteiger partial charge in [0, 0.05) is 37.0 Å². The van der Waals surface area contributed by atoms with Crippen LogP contribution in [0.4, 0.5) is 4.39 Å². The first-order valence-corrected chi connectivity index (χ1v) is 10.0. The van der Waals surface area contributed by atoms with Crippen molar-refractivity contribution in [2.24, 2.45) is 11.8 Å². The molecule has 2 aromatic rings. The summed E-state index contributed by atoms with van der Waals surface area (Å²) in [7, 11) is 0. The zero-order valence-corrected chi connectivity index (χ0v) is 16.0. The molecule has 1 aromatic carbocycles. The van der Waals surface area contributed by atoms with E-state index in [2.05, 4.69) is 10.2 Å². The third-order valence-corrected chi connectivity index (χ3v) is 6.61. The van der Waals surface area contributed by atoms with E-state index in [1.807, 2.05) is 19.1 Å². The van der Waals surface area contributed by atoms with Crippen molar-refractivity contribution < 1.29 is 18.3 Å². The summed E-state index contributed by atoms with van der Waals surface area (Å²) >= 11 is 0. The molecule has 1 N–H and O–H groups in total. The summed E-state index contributed by atoms with van der Waals surface area (Å²) in [4.78, 5) is 14.8. The lowest BCUT2D eigenvalue weighted by Crippen LogP contribution is -2.41. The fourth-order valence-electron chi connectivity index (χ4n) is 5.41. The molecule has 3 saturated heterocycles. The quantitative estimate of drug-likeness (QED) is 0.861. The number of nitrogens with one attached hydrogen (secondary N) is 1. The first-order valence-electron chi connectivity index (χ1n) is 10.0. The molecule has 0 radical (unpaired) electrons. The average Bonchev–Trinajstić information content (AvgIpc) is 3.40. The van der Waals surface area contributed by atoms with E-state index in [-0.39, 0.29) is 17.6 Å². The maximum Gasteiger partial charge on any atom is 0.251 e. The van der Waals surface area contributed by atoms with Crippen molar-refractivity contribution >= 4 is 5.91 Å². The molecule has 3 aliphatic rings. The van der Waals surface area contributed by atoms with Crippen LogP contribution in [0.15, 0.2) is 40.8 Å². The Hall–Kier alpha value is -2.18. The zero-order valence-electron chi connectivity index (χ0n) is 16.0. The average molecular weight is 384 g/mol. The second-order valence-electron chi connectivity index (χ2n) is 8.43. The minimum absolute atomic E-state index is 0.0828. The summed E-state index contributed by atoms with van der Waals surface area (Å²) in [6.45, 7) is 5.20. The minimum atomic E-state index is -0.394. The molecule has 3 fully saturated rings. The number of likely N-dealkylation sites (tertiary alicyclic amines) is 1. The molecule has 28 heavy (non-hydrogen) atoms. The number of hydrogen-bond acceptors (Lipinski definition) is 4. The summed E-state index contributed by atoms with van der Waals surface area (Å²) in [5, 5.41) is 3.01. The van der Waals surface area contributed by atoms with Crippen LogP contribution in [0.1, 0.15) is 34.7 Å². The van der Waals surface area contributed by atoms with Crippen LogP contribution in [0.3, 0.4) is 0 Å². The largest absolute Gasteiger partial charge is 0.465 e. The fourth-order valence-corrected chi connectivity index (χ4v) is 5.41. The molecule has 4 atom stereocenters. The zero-order chi connectivity index (χ0) is 19.3. The van der Waals surface area contributed by atoms with Crippen LogP contribution in [0.2, 0.25) is 0 Å². The number of fused-ring (bicyclic) bond motifs is 1. The van der Waals surface area contributed by atoms with Crippen LogP contribution < -0.4 is 5.32 Å². The van der Waals surface area contributed by atoms with Gasteiger partial charge in [0.1, 0.15) is 17.3 Å². The molecule has 0 aliphatic carbocycles. The Labute approximate surface area is 163 Å². The van der Waals surface area contributed by atoms with Gasteiger partial charge in [0.2, 0.25) is 0 Å². The first kappa shape index (κ1) is 17.9. The molecule has 5 nitrogen and oxygen atoms in total. The normalized spacial score (nSPS) is 31.3. The van der Waals surface area contributed by atoms with E-state index in [4.69, 9.17) is 9.15 Å². The van der Waals surface area contributed by atoms with E-state index in [0.717, 1.165) is 44.0 Å². The van der Waals surface area contributed by atoms with Gasteiger partial charge in [0.05, 0.1) is 18.2 Å². The van der Waals surface area contributed by atoms with Gasteiger partial charge in [0.25, 0.3) is 5.91 Å². The van der Waals surface area contributed by atoms with Crippen LogP contribution in [-0.4, -0.2) is 42.1 Å². The Morgan fingerprint density at radius 3 is 3.04 bits per heavy atom. The highest BCUT2D eigenvalue weighted by atomic mass is 19.1. The van der Waals surface area contributed by atoms with Crippen LogP contribution in [0.25, 0.3) is 0 Å². The summed E-state index contributed by atoms with van der Waals surface area (Å²) in [6, 6.07) is 9.85. The van der Waals surface area contributed by atoms with Gasteiger partial charge < -0.3 is 14.5 Å². The molecule has 6 heteroatoms. The number of furan rings is 1. The first-order chi connectivity index (χ1) is 13.5. The highest BCUT2D eigenvalue weighted by Gasteiger charge is 2.62. The van der Waals surface area contributed by atoms with Crippen LogP contribution >= 0.6 is 0 Å². The van der Waals surface area contributed by atoms with Crippen molar-refractivity contribution in [1.29, 1.82) is 0 Å². The van der Waals surface area contributed by atoms with Gasteiger partial charge in [-0.1, -0.05) is 6.07 Å². The van der Waals surface area contributed by atoms with Crippen LogP contribution in [0, 0.1) is 24.6 Å².